The normalized spacial score (nSPS) is 31.8. The fraction of sp³-hybridized carbons (Fsp3) is 0.519. The molecule has 1 N–H and O–H groups in total. The van der Waals surface area contributed by atoms with Crippen LogP contribution < -0.4 is 0 Å². The Kier molecular flexibility index (Phi) is 6.73. The molecule has 0 radical (unpaired) electrons. The number of carbonyl (C=O) groups is 3. The van der Waals surface area contributed by atoms with E-state index in [4.69, 9.17) is 4.74 Å². The van der Waals surface area contributed by atoms with E-state index in [1.54, 1.807) is 14.5 Å². The SMILES string of the molecule is O=C1OCCC/C=C\[C@@H]2S[C@]34C=CCN(Cn5nnc6ccccc65)C(=O)C3N(CCCCO)C(=O)[C@@H]4[C@H]12. The lowest BCUT2D eigenvalue weighted by Crippen LogP contribution is -2.53. The van der Waals surface area contributed by atoms with Crippen molar-refractivity contribution >= 4 is 40.6 Å². The molecule has 2 saturated heterocycles. The number of likely N-dealkylation sites (tertiary alicyclic amines) is 1. The molecule has 2 amide bonds. The molecule has 4 aliphatic rings. The van der Waals surface area contributed by atoms with Crippen molar-refractivity contribution in [2.45, 2.75) is 48.4 Å². The molecule has 38 heavy (non-hydrogen) atoms. The number of allylic oxidation sites excluding steroid dienone is 1. The quantitative estimate of drug-likeness (QED) is 0.337. The summed E-state index contributed by atoms with van der Waals surface area (Å²) in [6.07, 6.45) is 10.7. The van der Waals surface area contributed by atoms with Crippen LogP contribution in [0.2, 0.25) is 0 Å². The van der Waals surface area contributed by atoms with Gasteiger partial charge in [0, 0.05) is 24.9 Å². The number of amides is 2. The number of thioether (sulfide) groups is 1. The Morgan fingerprint density at radius 3 is 2.87 bits per heavy atom. The first kappa shape index (κ1) is 25.1. The van der Waals surface area contributed by atoms with Gasteiger partial charge in [0.05, 0.1) is 28.7 Å². The van der Waals surface area contributed by atoms with Crippen LogP contribution >= 0.6 is 11.8 Å². The van der Waals surface area contributed by atoms with Gasteiger partial charge in [0.1, 0.15) is 18.2 Å². The van der Waals surface area contributed by atoms with Crippen molar-refractivity contribution in [3.8, 4) is 0 Å². The number of aliphatic hydroxyl groups excluding tert-OH is 1. The molecule has 6 rings (SSSR count). The number of benzene rings is 1. The maximum Gasteiger partial charge on any atom is 0.311 e. The van der Waals surface area contributed by atoms with Gasteiger partial charge in [-0.15, -0.1) is 16.9 Å². The maximum absolute atomic E-state index is 14.3. The van der Waals surface area contributed by atoms with E-state index in [2.05, 4.69) is 16.4 Å². The number of esters is 1. The fourth-order valence-electron chi connectivity index (χ4n) is 6.24. The van der Waals surface area contributed by atoms with Gasteiger partial charge in [-0.2, -0.15) is 0 Å². The largest absolute Gasteiger partial charge is 0.465 e. The molecule has 1 aromatic heterocycles. The molecule has 10 nitrogen and oxygen atoms in total. The van der Waals surface area contributed by atoms with E-state index < -0.39 is 22.6 Å². The first-order valence-corrected chi connectivity index (χ1v) is 14.1. The summed E-state index contributed by atoms with van der Waals surface area (Å²) in [7, 11) is 0. The van der Waals surface area contributed by atoms with Gasteiger partial charge in [-0.3, -0.25) is 14.4 Å². The number of para-hydroxylation sites is 1. The van der Waals surface area contributed by atoms with Crippen LogP contribution in [0.5, 0.6) is 0 Å². The molecule has 4 aliphatic heterocycles. The van der Waals surface area contributed by atoms with Crippen LogP contribution in [0, 0.1) is 11.8 Å². The molecule has 0 aliphatic carbocycles. The van der Waals surface area contributed by atoms with Gasteiger partial charge >= 0.3 is 5.97 Å². The molecule has 1 aromatic carbocycles. The number of unbranched alkanes of at least 4 members (excludes halogenated alkanes) is 1. The molecule has 0 saturated carbocycles. The summed E-state index contributed by atoms with van der Waals surface area (Å²) in [5, 5.41) is 17.6. The second-order valence-corrected chi connectivity index (χ2v) is 11.7. The number of nitrogens with zero attached hydrogens (tertiary/aromatic N) is 5. The third kappa shape index (κ3) is 4.03. The average Bonchev–Trinajstić information content (AvgIpc) is 3.52. The summed E-state index contributed by atoms with van der Waals surface area (Å²) in [6, 6.07) is 6.81. The zero-order chi connectivity index (χ0) is 26.3. The summed E-state index contributed by atoms with van der Waals surface area (Å²) in [5.74, 6) is -2.08. The van der Waals surface area contributed by atoms with Crippen molar-refractivity contribution in [2.24, 2.45) is 11.8 Å². The topological polar surface area (TPSA) is 118 Å². The first-order valence-electron chi connectivity index (χ1n) is 13.2. The minimum absolute atomic E-state index is 0.0111. The predicted octanol–water partition coefficient (Wildman–Crippen LogP) is 1.75. The van der Waals surface area contributed by atoms with Gasteiger partial charge < -0.3 is 19.6 Å². The number of rotatable bonds is 6. The summed E-state index contributed by atoms with van der Waals surface area (Å²) in [5.41, 5.74) is 1.56. The van der Waals surface area contributed by atoms with E-state index in [0.29, 0.717) is 32.5 Å². The zero-order valence-electron chi connectivity index (χ0n) is 21.0. The van der Waals surface area contributed by atoms with E-state index in [1.165, 1.54) is 11.8 Å². The summed E-state index contributed by atoms with van der Waals surface area (Å²) < 4.78 is 6.41. The number of cyclic esters (lactones) is 1. The van der Waals surface area contributed by atoms with Gasteiger partial charge in [-0.05, 0) is 37.8 Å². The van der Waals surface area contributed by atoms with Crippen LogP contribution in [0.3, 0.4) is 0 Å². The molecule has 1 unspecified atom stereocenters. The van der Waals surface area contributed by atoms with Crippen molar-refractivity contribution in [1.82, 2.24) is 24.8 Å². The first-order chi connectivity index (χ1) is 18.5. The molecule has 200 valence electrons. The summed E-state index contributed by atoms with van der Waals surface area (Å²) in [4.78, 5) is 45.0. The fourth-order valence-corrected chi connectivity index (χ4v) is 8.25. The Balaban J connectivity index is 1.38. The number of aliphatic hydroxyl groups is 1. The zero-order valence-corrected chi connectivity index (χ0v) is 21.8. The van der Waals surface area contributed by atoms with Crippen molar-refractivity contribution in [3.63, 3.8) is 0 Å². The number of hydrogen-bond donors (Lipinski definition) is 1. The van der Waals surface area contributed by atoms with E-state index in [9.17, 15) is 19.5 Å². The average molecular weight is 538 g/mol. The molecule has 11 heteroatoms. The molecular formula is C27H31N5O5S. The lowest BCUT2D eigenvalue weighted by atomic mass is 9.78. The third-order valence-electron chi connectivity index (χ3n) is 7.97. The molecule has 2 aromatic rings. The van der Waals surface area contributed by atoms with Gasteiger partial charge in [0.25, 0.3) is 0 Å². The highest BCUT2D eigenvalue weighted by Crippen LogP contribution is 2.60. The Morgan fingerprint density at radius 2 is 2.00 bits per heavy atom. The van der Waals surface area contributed by atoms with Crippen LogP contribution in [0.4, 0.5) is 0 Å². The maximum atomic E-state index is 14.3. The predicted molar refractivity (Wildman–Crippen MR) is 141 cm³/mol. The van der Waals surface area contributed by atoms with Gasteiger partial charge in [-0.1, -0.05) is 41.7 Å². The van der Waals surface area contributed by atoms with Crippen LogP contribution in [0.1, 0.15) is 25.7 Å². The molecule has 5 heterocycles. The van der Waals surface area contributed by atoms with Crippen LogP contribution in [0.25, 0.3) is 11.0 Å². The van der Waals surface area contributed by atoms with E-state index in [1.807, 2.05) is 42.5 Å². The number of hydrogen-bond acceptors (Lipinski definition) is 8. The second kappa shape index (κ2) is 10.2. The van der Waals surface area contributed by atoms with Gasteiger partial charge in [0.2, 0.25) is 11.8 Å². The Morgan fingerprint density at radius 1 is 1.13 bits per heavy atom. The molecule has 5 atom stereocenters. The number of carbonyl (C=O) groups excluding carboxylic acids is 3. The van der Waals surface area contributed by atoms with Crippen molar-refractivity contribution in [1.29, 1.82) is 0 Å². The standard InChI is InChI=1S/C27H31N5O5S/c33-15-6-5-14-31-23-25(35)30(17-32-19-10-4-3-9-18(19)28-29-32)13-8-12-27(23)22(24(31)34)21-20(38-27)11-2-1-7-16-37-26(21)36/h2-4,8-12,20-23,33H,1,5-7,13-17H2/b11-2-/t20-,21+,22-,23?,27-/m0/s1. The Hall–Kier alpha value is -3.18. The molecule has 2 fully saturated rings. The van der Waals surface area contributed by atoms with Gasteiger partial charge in [-0.25, -0.2) is 4.68 Å². The lowest BCUT2D eigenvalue weighted by molar-refractivity contribution is -0.153. The van der Waals surface area contributed by atoms with Gasteiger partial charge in [0.15, 0.2) is 0 Å². The lowest BCUT2D eigenvalue weighted by Gasteiger charge is -2.35. The van der Waals surface area contributed by atoms with Crippen LogP contribution in [-0.4, -0.2) is 90.0 Å². The molecule has 1 spiro atoms. The summed E-state index contributed by atoms with van der Waals surface area (Å²) >= 11 is 1.54. The second-order valence-electron chi connectivity index (χ2n) is 10.2. The van der Waals surface area contributed by atoms with Crippen LogP contribution in [-0.2, 0) is 25.8 Å². The van der Waals surface area contributed by atoms with E-state index in [-0.39, 0.29) is 36.3 Å². The minimum atomic E-state index is -0.884. The van der Waals surface area contributed by atoms with Crippen LogP contribution in [0.15, 0.2) is 48.6 Å². The number of ether oxygens (including phenoxy) is 1. The Labute approximate surface area is 224 Å². The van der Waals surface area contributed by atoms with E-state index >= 15 is 0 Å². The third-order valence-corrected chi connectivity index (χ3v) is 9.71. The van der Waals surface area contributed by atoms with Crippen molar-refractivity contribution in [2.75, 3.05) is 26.3 Å². The highest BCUT2D eigenvalue weighted by Gasteiger charge is 2.70. The molecular weight excluding hydrogens is 506 g/mol. The van der Waals surface area contributed by atoms with Crippen molar-refractivity contribution < 1.29 is 24.2 Å². The highest BCUT2D eigenvalue weighted by atomic mass is 32.2. The number of aromatic nitrogens is 3. The van der Waals surface area contributed by atoms with Crippen molar-refractivity contribution in [3.05, 3.63) is 48.6 Å². The molecule has 0 bridgehead atoms. The monoisotopic (exact) mass is 537 g/mol. The summed E-state index contributed by atoms with van der Waals surface area (Å²) in [6.45, 7) is 1.22. The number of fused-ring (bicyclic) bond motifs is 3. The smallest absolute Gasteiger partial charge is 0.311 e. The highest BCUT2D eigenvalue weighted by molar-refractivity contribution is 8.02. The minimum Gasteiger partial charge on any atom is -0.465 e. The van der Waals surface area contributed by atoms with E-state index in [0.717, 1.165) is 23.9 Å². The Bertz CT molecular complexity index is 1310.